The highest BCUT2D eigenvalue weighted by Crippen LogP contribution is 2.36. The van der Waals surface area contributed by atoms with Crippen LogP contribution >= 0.6 is 11.6 Å². The lowest BCUT2D eigenvalue weighted by molar-refractivity contribution is -0.128. The van der Waals surface area contributed by atoms with Crippen LogP contribution in [0.5, 0.6) is 11.5 Å². The third kappa shape index (κ3) is 4.57. The third-order valence-electron chi connectivity index (χ3n) is 4.83. The number of ether oxygens (including phenoxy) is 2. The quantitative estimate of drug-likeness (QED) is 0.770. The average Bonchev–Trinajstić information content (AvgIpc) is 3.09. The first-order valence-corrected chi connectivity index (χ1v) is 9.43. The van der Waals surface area contributed by atoms with E-state index >= 15 is 0 Å². The second-order valence-electron chi connectivity index (χ2n) is 6.65. The lowest BCUT2D eigenvalue weighted by atomic mass is 10.1. The lowest BCUT2D eigenvalue weighted by Crippen LogP contribution is -2.30. The van der Waals surface area contributed by atoms with Gasteiger partial charge in [0, 0.05) is 31.6 Å². The Bertz CT molecular complexity index is 857. The summed E-state index contributed by atoms with van der Waals surface area (Å²) in [6.45, 7) is 1.01. The van der Waals surface area contributed by atoms with E-state index in [1.54, 1.807) is 17.0 Å². The van der Waals surface area contributed by atoms with E-state index in [4.69, 9.17) is 21.1 Å². The number of hydrogen-bond acceptors (Lipinski definition) is 4. The Labute approximate surface area is 169 Å². The monoisotopic (exact) mass is 402 g/mol. The minimum absolute atomic E-state index is 0.00303. The molecule has 1 saturated heterocycles. The van der Waals surface area contributed by atoms with Gasteiger partial charge in [-0.1, -0.05) is 41.9 Å². The molecule has 0 radical (unpaired) electrons. The van der Waals surface area contributed by atoms with Gasteiger partial charge in [-0.05, 0) is 12.0 Å². The Hall–Kier alpha value is -2.73. The SMILES string of the molecule is COc1cc(NC(=O)C2CC(=O)N(CCc3ccccc3)C2)c(OC)cc1Cl. The van der Waals surface area contributed by atoms with Crippen molar-refractivity contribution >= 4 is 29.1 Å². The van der Waals surface area contributed by atoms with Gasteiger partial charge in [0.15, 0.2) is 0 Å². The topological polar surface area (TPSA) is 67.9 Å². The van der Waals surface area contributed by atoms with Gasteiger partial charge in [0.2, 0.25) is 11.8 Å². The first-order chi connectivity index (χ1) is 13.5. The summed E-state index contributed by atoms with van der Waals surface area (Å²) in [5.74, 6) is 0.235. The van der Waals surface area contributed by atoms with E-state index in [2.05, 4.69) is 5.32 Å². The number of halogens is 1. The predicted octanol–water partition coefficient (Wildman–Crippen LogP) is 3.39. The molecule has 0 saturated carbocycles. The zero-order valence-electron chi connectivity index (χ0n) is 15.9. The van der Waals surface area contributed by atoms with Crippen molar-refractivity contribution in [2.24, 2.45) is 5.92 Å². The van der Waals surface area contributed by atoms with Crippen molar-refractivity contribution in [2.45, 2.75) is 12.8 Å². The molecule has 0 spiro atoms. The van der Waals surface area contributed by atoms with Crippen LogP contribution in [0.25, 0.3) is 0 Å². The molecule has 1 aliphatic rings. The zero-order valence-corrected chi connectivity index (χ0v) is 16.7. The summed E-state index contributed by atoms with van der Waals surface area (Å²) in [4.78, 5) is 26.8. The van der Waals surface area contributed by atoms with Crippen molar-refractivity contribution in [3.63, 3.8) is 0 Å². The Balaban J connectivity index is 1.63. The van der Waals surface area contributed by atoms with Gasteiger partial charge in [0.1, 0.15) is 11.5 Å². The number of likely N-dealkylation sites (tertiary alicyclic amines) is 1. The highest BCUT2D eigenvalue weighted by atomic mass is 35.5. The van der Waals surface area contributed by atoms with Crippen molar-refractivity contribution in [1.29, 1.82) is 0 Å². The molecule has 148 valence electrons. The molecular weight excluding hydrogens is 380 g/mol. The minimum atomic E-state index is -0.408. The Kier molecular flexibility index (Phi) is 6.41. The number of hydrogen-bond donors (Lipinski definition) is 1. The van der Waals surface area contributed by atoms with E-state index in [-0.39, 0.29) is 18.2 Å². The summed E-state index contributed by atoms with van der Waals surface area (Å²) < 4.78 is 10.5. The maximum absolute atomic E-state index is 12.7. The van der Waals surface area contributed by atoms with E-state index in [9.17, 15) is 9.59 Å². The van der Waals surface area contributed by atoms with Crippen molar-refractivity contribution in [2.75, 3.05) is 32.6 Å². The van der Waals surface area contributed by atoms with Gasteiger partial charge in [-0.3, -0.25) is 9.59 Å². The molecule has 1 heterocycles. The number of amides is 2. The van der Waals surface area contributed by atoms with Crippen LogP contribution in [-0.4, -0.2) is 44.0 Å². The maximum atomic E-state index is 12.7. The van der Waals surface area contributed by atoms with Gasteiger partial charge in [-0.25, -0.2) is 0 Å². The van der Waals surface area contributed by atoms with Gasteiger partial charge >= 0.3 is 0 Å². The van der Waals surface area contributed by atoms with Gasteiger partial charge in [-0.15, -0.1) is 0 Å². The normalized spacial score (nSPS) is 16.2. The fourth-order valence-corrected chi connectivity index (χ4v) is 3.50. The Morgan fingerprint density at radius 1 is 1.18 bits per heavy atom. The third-order valence-corrected chi connectivity index (χ3v) is 5.13. The Morgan fingerprint density at radius 2 is 1.89 bits per heavy atom. The minimum Gasteiger partial charge on any atom is -0.495 e. The fraction of sp³-hybridized carbons (Fsp3) is 0.333. The van der Waals surface area contributed by atoms with E-state index in [0.717, 1.165) is 6.42 Å². The van der Waals surface area contributed by atoms with Crippen LogP contribution in [0.3, 0.4) is 0 Å². The highest BCUT2D eigenvalue weighted by Gasteiger charge is 2.34. The summed E-state index contributed by atoms with van der Waals surface area (Å²) in [6.07, 6.45) is 0.969. The summed E-state index contributed by atoms with van der Waals surface area (Å²) >= 11 is 6.10. The molecular formula is C21H23ClN2O4. The molecule has 0 aliphatic carbocycles. The molecule has 1 aliphatic heterocycles. The van der Waals surface area contributed by atoms with E-state index < -0.39 is 5.92 Å². The standard InChI is InChI=1S/C21H23ClN2O4/c1-27-18-12-17(19(28-2)11-16(18)22)23-21(26)15-10-20(25)24(13-15)9-8-14-6-4-3-5-7-14/h3-7,11-12,15H,8-10,13H2,1-2H3,(H,23,26). The molecule has 2 amide bonds. The summed E-state index contributed by atoms with van der Waals surface area (Å²) in [5.41, 5.74) is 1.63. The van der Waals surface area contributed by atoms with Crippen molar-refractivity contribution in [3.8, 4) is 11.5 Å². The molecule has 0 aromatic heterocycles. The van der Waals surface area contributed by atoms with Gasteiger partial charge in [0.25, 0.3) is 0 Å². The molecule has 3 rings (SSSR count). The summed E-state index contributed by atoms with van der Waals surface area (Å²) in [7, 11) is 3.00. The van der Waals surface area contributed by atoms with Crippen molar-refractivity contribution < 1.29 is 19.1 Å². The number of benzene rings is 2. The van der Waals surface area contributed by atoms with Gasteiger partial charge in [0.05, 0.1) is 30.8 Å². The van der Waals surface area contributed by atoms with Crippen LogP contribution in [0, 0.1) is 5.92 Å². The van der Waals surface area contributed by atoms with E-state index in [0.29, 0.717) is 35.3 Å². The lowest BCUT2D eigenvalue weighted by Gasteiger charge is -2.17. The molecule has 1 atom stereocenters. The smallest absolute Gasteiger partial charge is 0.229 e. The number of anilines is 1. The van der Waals surface area contributed by atoms with Crippen LogP contribution in [0.2, 0.25) is 5.02 Å². The zero-order chi connectivity index (χ0) is 20.1. The van der Waals surface area contributed by atoms with Crippen LogP contribution in [0.1, 0.15) is 12.0 Å². The van der Waals surface area contributed by atoms with Crippen LogP contribution in [0.4, 0.5) is 5.69 Å². The summed E-state index contributed by atoms with van der Waals surface area (Å²) in [6, 6.07) is 13.2. The highest BCUT2D eigenvalue weighted by molar-refractivity contribution is 6.32. The number of rotatable bonds is 7. The summed E-state index contributed by atoms with van der Waals surface area (Å²) in [5, 5.41) is 3.23. The van der Waals surface area contributed by atoms with Crippen molar-refractivity contribution in [1.82, 2.24) is 4.90 Å². The molecule has 2 aromatic carbocycles. The Morgan fingerprint density at radius 3 is 2.57 bits per heavy atom. The van der Waals surface area contributed by atoms with E-state index in [1.165, 1.54) is 19.8 Å². The molecule has 7 heteroatoms. The number of methoxy groups -OCH3 is 2. The molecule has 1 fully saturated rings. The van der Waals surface area contributed by atoms with Gasteiger partial charge < -0.3 is 19.7 Å². The number of nitrogens with one attached hydrogen (secondary N) is 1. The fourth-order valence-electron chi connectivity index (χ4n) is 3.27. The molecule has 1 unspecified atom stereocenters. The number of carbonyl (C=O) groups excluding carboxylic acids is 2. The van der Waals surface area contributed by atoms with Crippen LogP contribution < -0.4 is 14.8 Å². The van der Waals surface area contributed by atoms with Crippen LogP contribution in [-0.2, 0) is 16.0 Å². The molecule has 0 bridgehead atoms. The second kappa shape index (κ2) is 8.97. The average molecular weight is 403 g/mol. The first-order valence-electron chi connectivity index (χ1n) is 9.06. The first kappa shape index (κ1) is 20.0. The maximum Gasteiger partial charge on any atom is 0.229 e. The number of nitrogens with zero attached hydrogens (tertiary/aromatic N) is 1. The molecule has 6 nitrogen and oxygen atoms in total. The number of carbonyl (C=O) groups is 2. The van der Waals surface area contributed by atoms with Gasteiger partial charge in [-0.2, -0.15) is 0 Å². The predicted molar refractivity (Wildman–Crippen MR) is 108 cm³/mol. The molecule has 2 aromatic rings. The van der Waals surface area contributed by atoms with Crippen LogP contribution in [0.15, 0.2) is 42.5 Å². The molecule has 28 heavy (non-hydrogen) atoms. The second-order valence-corrected chi connectivity index (χ2v) is 7.06. The largest absolute Gasteiger partial charge is 0.495 e. The van der Waals surface area contributed by atoms with E-state index in [1.807, 2.05) is 30.3 Å². The molecule has 1 N–H and O–H groups in total. The van der Waals surface area contributed by atoms with Crippen molar-refractivity contribution in [3.05, 3.63) is 53.1 Å².